The van der Waals surface area contributed by atoms with Gasteiger partial charge in [-0.1, -0.05) is 36.4 Å². The molecule has 2 N–H and O–H groups in total. The van der Waals surface area contributed by atoms with Crippen LogP contribution in [0.1, 0.15) is 43.6 Å². The Balaban J connectivity index is 1.41. The van der Waals surface area contributed by atoms with Crippen LogP contribution >= 0.6 is 0 Å². The molecular weight excluding hydrogens is 538 g/mol. The second-order valence-corrected chi connectivity index (χ2v) is 8.64. The molecule has 0 bridgehead atoms. The normalized spacial score (nSPS) is 10.5. The van der Waals surface area contributed by atoms with Gasteiger partial charge >= 0.3 is 11.9 Å². The third kappa shape index (κ3) is 8.36. The molecule has 0 aliphatic heterocycles. The minimum absolute atomic E-state index is 0.0454. The molecule has 10 nitrogen and oxygen atoms in total. The van der Waals surface area contributed by atoms with Crippen LogP contribution in [-0.4, -0.2) is 43.1 Å². The number of benzene rings is 4. The molecule has 0 saturated carbocycles. The summed E-state index contributed by atoms with van der Waals surface area (Å²) in [5.41, 5.74) is 3.66. The van der Waals surface area contributed by atoms with Crippen molar-refractivity contribution in [2.45, 2.75) is 6.92 Å². The number of hydrogen-bond acceptors (Lipinski definition) is 8. The van der Waals surface area contributed by atoms with Gasteiger partial charge in [-0.2, -0.15) is 5.10 Å². The predicted octanol–water partition coefficient (Wildman–Crippen LogP) is 4.40. The molecule has 0 saturated heterocycles. The zero-order valence-electron chi connectivity index (χ0n) is 22.6. The first kappa shape index (κ1) is 29.2. The first-order chi connectivity index (χ1) is 20.4. The molecule has 0 fully saturated rings. The van der Waals surface area contributed by atoms with Crippen LogP contribution in [-0.2, 0) is 4.79 Å². The second-order valence-electron chi connectivity index (χ2n) is 8.64. The molecule has 0 heterocycles. The van der Waals surface area contributed by atoms with Crippen LogP contribution in [0.25, 0.3) is 0 Å². The summed E-state index contributed by atoms with van der Waals surface area (Å²) >= 11 is 0. The number of nitrogens with one attached hydrogen (secondary N) is 2. The Morgan fingerprint density at radius 1 is 0.714 bits per heavy atom. The van der Waals surface area contributed by atoms with Crippen molar-refractivity contribution < 1.29 is 33.4 Å². The summed E-state index contributed by atoms with van der Waals surface area (Å²) in [6.45, 7) is 2.04. The van der Waals surface area contributed by atoms with Crippen LogP contribution in [0.5, 0.6) is 17.2 Å². The van der Waals surface area contributed by atoms with Gasteiger partial charge < -0.3 is 19.5 Å². The van der Waals surface area contributed by atoms with E-state index in [1.807, 2.05) is 6.92 Å². The smallest absolute Gasteiger partial charge is 0.343 e. The lowest BCUT2D eigenvalue weighted by Crippen LogP contribution is -2.34. The molecule has 0 aliphatic rings. The van der Waals surface area contributed by atoms with E-state index in [0.29, 0.717) is 34.6 Å². The Labute approximate surface area is 241 Å². The van der Waals surface area contributed by atoms with E-state index in [1.165, 1.54) is 24.4 Å². The van der Waals surface area contributed by atoms with Crippen molar-refractivity contribution in [1.29, 1.82) is 0 Å². The number of ether oxygens (including phenoxy) is 3. The molecule has 42 heavy (non-hydrogen) atoms. The van der Waals surface area contributed by atoms with Gasteiger partial charge in [0.25, 0.3) is 11.8 Å². The summed E-state index contributed by atoms with van der Waals surface area (Å²) in [4.78, 5) is 49.8. The fourth-order valence-corrected chi connectivity index (χ4v) is 3.59. The van der Waals surface area contributed by atoms with Crippen LogP contribution in [0.3, 0.4) is 0 Å². The molecule has 0 atom stereocenters. The summed E-state index contributed by atoms with van der Waals surface area (Å²) in [5, 5.41) is 6.42. The Morgan fingerprint density at radius 3 is 1.93 bits per heavy atom. The van der Waals surface area contributed by atoms with Crippen molar-refractivity contribution in [2.24, 2.45) is 5.10 Å². The van der Waals surface area contributed by atoms with E-state index in [9.17, 15) is 19.2 Å². The maximum absolute atomic E-state index is 12.7. The van der Waals surface area contributed by atoms with Gasteiger partial charge in [0.1, 0.15) is 17.2 Å². The third-order valence-electron chi connectivity index (χ3n) is 5.65. The highest BCUT2D eigenvalue weighted by Gasteiger charge is 2.15. The quantitative estimate of drug-likeness (QED) is 0.119. The summed E-state index contributed by atoms with van der Waals surface area (Å²) in [6, 6.07) is 27.7. The van der Waals surface area contributed by atoms with Gasteiger partial charge in [-0.15, -0.1) is 0 Å². The summed E-state index contributed by atoms with van der Waals surface area (Å²) in [5.74, 6) is -1.43. The first-order valence-corrected chi connectivity index (χ1v) is 12.9. The van der Waals surface area contributed by atoms with Gasteiger partial charge in [0.05, 0.1) is 30.5 Å². The lowest BCUT2D eigenvalue weighted by molar-refractivity contribution is -0.120. The second kappa shape index (κ2) is 14.6. The highest BCUT2D eigenvalue weighted by atomic mass is 16.5. The minimum Gasteiger partial charge on any atom is -0.494 e. The minimum atomic E-state index is -0.641. The van der Waals surface area contributed by atoms with E-state index in [0.717, 1.165) is 0 Å². The Kier molecular flexibility index (Phi) is 10.1. The summed E-state index contributed by atoms with van der Waals surface area (Å²) < 4.78 is 16.4. The lowest BCUT2D eigenvalue weighted by atomic mass is 10.2. The lowest BCUT2D eigenvalue weighted by Gasteiger charge is -2.11. The number of rotatable bonds is 11. The fraction of sp³-hybridized carbons (Fsp3) is 0.0938. The van der Waals surface area contributed by atoms with Crippen LogP contribution in [0.4, 0.5) is 0 Å². The van der Waals surface area contributed by atoms with Crippen LogP contribution in [0, 0.1) is 0 Å². The van der Waals surface area contributed by atoms with E-state index in [2.05, 4.69) is 15.8 Å². The first-order valence-electron chi connectivity index (χ1n) is 12.9. The van der Waals surface area contributed by atoms with Gasteiger partial charge in [-0.3, -0.25) is 9.59 Å². The van der Waals surface area contributed by atoms with E-state index < -0.39 is 23.8 Å². The van der Waals surface area contributed by atoms with Crippen molar-refractivity contribution >= 4 is 30.0 Å². The number of carbonyl (C=O) groups excluding carboxylic acids is 4. The number of hydrogen-bond donors (Lipinski definition) is 2. The molecule has 0 radical (unpaired) electrons. The highest BCUT2D eigenvalue weighted by Crippen LogP contribution is 2.26. The van der Waals surface area contributed by atoms with Gasteiger partial charge in [-0.25, -0.2) is 15.0 Å². The van der Waals surface area contributed by atoms with Crippen molar-refractivity contribution in [3.05, 3.63) is 125 Å². The average Bonchev–Trinajstić information content (AvgIpc) is 3.02. The number of amides is 2. The van der Waals surface area contributed by atoms with Gasteiger partial charge in [0.2, 0.25) is 0 Å². The number of esters is 2. The fourth-order valence-electron chi connectivity index (χ4n) is 3.59. The van der Waals surface area contributed by atoms with Crippen LogP contribution in [0.2, 0.25) is 0 Å². The maximum atomic E-state index is 12.7. The third-order valence-corrected chi connectivity index (χ3v) is 5.65. The zero-order valence-corrected chi connectivity index (χ0v) is 22.6. The zero-order chi connectivity index (χ0) is 29.7. The number of carbonyl (C=O) groups is 4. The van der Waals surface area contributed by atoms with Crippen molar-refractivity contribution in [2.75, 3.05) is 13.2 Å². The molecular formula is C32H27N3O7. The topological polar surface area (TPSA) is 132 Å². The van der Waals surface area contributed by atoms with Gasteiger partial charge in [0, 0.05) is 17.2 Å². The standard InChI is InChI=1S/C32H27N3O7/c1-2-40-26-16-13-22(14-17-26)30(37)33-21-29(36)35-34-20-25-15-18-27(41-31(38)23-9-5-3-6-10-23)19-28(25)42-32(39)24-11-7-4-8-12-24/h3-20H,2,21H2,1H3,(H,33,37)(H,35,36)/b34-20-. The Bertz CT molecular complexity index is 1570. The van der Waals surface area contributed by atoms with Crippen molar-refractivity contribution in [1.82, 2.24) is 10.7 Å². The Morgan fingerprint density at radius 2 is 1.31 bits per heavy atom. The Hall–Kier alpha value is -5.77. The van der Waals surface area contributed by atoms with E-state index >= 15 is 0 Å². The molecule has 4 aromatic carbocycles. The average molecular weight is 566 g/mol. The molecule has 4 aromatic rings. The molecule has 2 amide bonds. The number of hydrazone groups is 1. The SMILES string of the molecule is CCOc1ccc(C(=O)NCC(=O)N/N=C\c2ccc(OC(=O)c3ccccc3)cc2OC(=O)c2ccccc2)cc1. The molecule has 10 heteroatoms. The molecule has 0 aliphatic carbocycles. The highest BCUT2D eigenvalue weighted by molar-refractivity contribution is 5.97. The van der Waals surface area contributed by atoms with E-state index in [4.69, 9.17) is 14.2 Å². The largest absolute Gasteiger partial charge is 0.494 e. The molecule has 0 spiro atoms. The maximum Gasteiger partial charge on any atom is 0.343 e. The van der Waals surface area contributed by atoms with E-state index in [1.54, 1.807) is 84.9 Å². The predicted molar refractivity (Wildman–Crippen MR) is 155 cm³/mol. The summed E-state index contributed by atoms with van der Waals surface area (Å²) in [7, 11) is 0. The van der Waals surface area contributed by atoms with Crippen molar-refractivity contribution in [3.63, 3.8) is 0 Å². The van der Waals surface area contributed by atoms with Gasteiger partial charge in [-0.05, 0) is 67.6 Å². The van der Waals surface area contributed by atoms with Gasteiger partial charge in [0.15, 0.2) is 0 Å². The molecule has 0 aromatic heterocycles. The monoisotopic (exact) mass is 565 g/mol. The molecule has 4 rings (SSSR count). The molecule has 0 unspecified atom stereocenters. The van der Waals surface area contributed by atoms with E-state index in [-0.39, 0.29) is 18.0 Å². The van der Waals surface area contributed by atoms with Crippen LogP contribution in [0.15, 0.2) is 108 Å². The number of nitrogens with zero attached hydrogens (tertiary/aromatic N) is 1. The summed E-state index contributed by atoms with van der Waals surface area (Å²) in [6.07, 6.45) is 1.27. The van der Waals surface area contributed by atoms with Crippen LogP contribution < -0.4 is 25.0 Å². The molecule has 212 valence electrons. The van der Waals surface area contributed by atoms with Crippen molar-refractivity contribution in [3.8, 4) is 17.2 Å².